The van der Waals surface area contributed by atoms with E-state index in [1.807, 2.05) is 30.3 Å². The third-order valence-electron chi connectivity index (χ3n) is 4.36. The maximum Gasteiger partial charge on any atom is 0.137 e. The molecule has 0 bridgehead atoms. The maximum atomic E-state index is 5.88. The Morgan fingerprint density at radius 3 is 2.75 bits per heavy atom. The highest BCUT2D eigenvalue weighted by Crippen LogP contribution is 2.38. The molecule has 0 unspecified atom stereocenters. The van der Waals surface area contributed by atoms with E-state index in [4.69, 9.17) is 22.9 Å². The number of rotatable bonds is 4. The molecule has 0 saturated heterocycles. The highest BCUT2D eigenvalue weighted by molar-refractivity contribution is 7.80. The van der Waals surface area contributed by atoms with Crippen molar-refractivity contribution < 1.29 is 0 Å². The Kier molecular flexibility index (Phi) is 3.34. The van der Waals surface area contributed by atoms with Crippen molar-refractivity contribution in [3.05, 3.63) is 35.9 Å². The summed E-state index contributed by atoms with van der Waals surface area (Å²) in [6, 6.07) is 10.1. The quantitative estimate of drug-likeness (QED) is 0.843. The zero-order valence-corrected chi connectivity index (χ0v) is 12.5. The summed E-state index contributed by atoms with van der Waals surface area (Å²) in [6.07, 6.45) is 4.75. The fraction of sp³-hybridized carbons (Fsp3) is 0.375. The first-order chi connectivity index (χ1) is 9.63. The van der Waals surface area contributed by atoms with Crippen LogP contribution >= 0.6 is 12.2 Å². The Morgan fingerprint density at radius 1 is 1.40 bits per heavy atom. The summed E-state index contributed by atoms with van der Waals surface area (Å²) >= 11 is 5.19. The van der Waals surface area contributed by atoms with Crippen molar-refractivity contribution in [3.63, 3.8) is 0 Å². The number of fused-ring (bicyclic) bond motifs is 1. The molecule has 3 rings (SSSR count). The lowest BCUT2D eigenvalue weighted by atomic mass is 9.75. The van der Waals surface area contributed by atoms with Crippen LogP contribution in [-0.4, -0.2) is 15.5 Å². The Bertz CT molecular complexity index is 656. The van der Waals surface area contributed by atoms with E-state index >= 15 is 0 Å². The van der Waals surface area contributed by atoms with Gasteiger partial charge in [-0.05, 0) is 37.8 Å². The minimum Gasteiger partial charge on any atom is -0.389 e. The van der Waals surface area contributed by atoms with Crippen LogP contribution in [0, 0.1) is 0 Å². The number of nitrogens with two attached hydrogens (primary N) is 1. The molecule has 104 valence electrons. The number of nitrogens with zero attached hydrogens (tertiary/aromatic N) is 1. The van der Waals surface area contributed by atoms with Gasteiger partial charge in [0.25, 0.3) is 0 Å². The van der Waals surface area contributed by atoms with Gasteiger partial charge >= 0.3 is 0 Å². The van der Waals surface area contributed by atoms with Gasteiger partial charge in [-0.1, -0.05) is 37.3 Å². The zero-order valence-electron chi connectivity index (χ0n) is 11.6. The lowest BCUT2D eigenvalue weighted by Gasteiger charge is -2.42. The van der Waals surface area contributed by atoms with Crippen molar-refractivity contribution in [2.75, 3.05) is 5.32 Å². The van der Waals surface area contributed by atoms with Crippen LogP contribution in [0.15, 0.2) is 30.3 Å². The molecule has 0 aliphatic heterocycles. The molecular weight excluding hydrogens is 266 g/mol. The number of para-hydroxylation sites is 1. The van der Waals surface area contributed by atoms with Gasteiger partial charge < -0.3 is 11.1 Å². The zero-order chi connectivity index (χ0) is 14.2. The summed E-state index contributed by atoms with van der Waals surface area (Å²) < 4.78 is 0. The highest BCUT2D eigenvalue weighted by atomic mass is 32.1. The van der Waals surface area contributed by atoms with E-state index < -0.39 is 0 Å². The van der Waals surface area contributed by atoms with Crippen LogP contribution in [0.2, 0.25) is 0 Å². The molecule has 0 radical (unpaired) electrons. The fourth-order valence-corrected chi connectivity index (χ4v) is 2.98. The number of anilines is 1. The third-order valence-corrected chi connectivity index (χ3v) is 4.58. The lowest BCUT2D eigenvalue weighted by Crippen LogP contribution is -2.45. The van der Waals surface area contributed by atoms with E-state index in [2.05, 4.69) is 12.2 Å². The molecule has 1 saturated carbocycles. The van der Waals surface area contributed by atoms with Gasteiger partial charge in [0, 0.05) is 10.9 Å². The molecule has 1 aliphatic rings. The first kappa shape index (κ1) is 13.3. The van der Waals surface area contributed by atoms with Crippen LogP contribution in [0.4, 0.5) is 5.82 Å². The van der Waals surface area contributed by atoms with Crippen molar-refractivity contribution in [3.8, 4) is 0 Å². The smallest absolute Gasteiger partial charge is 0.137 e. The molecule has 0 spiro atoms. The van der Waals surface area contributed by atoms with Crippen molar-refractivity contribution in [2.45, 2.75) is 38.1 Å². The predicted octanol–water partition coefficient (Wildman–Crippen LogP) is 3.61. The van der Waals surface area contributed by atoms with Crippen molar-refractivity contribution in [1.82, 2.24) is 4.98 Å². The van der Waals surface area contributed by atoms with Gasteiger partial charge in [-0.3, -0.25) is 0 Å². The van der Waals surface area contributed by atoms with Crippen LogP contribution in [0.3, 0.4) is 0 Å². The van der Waals surface area contributed by atoms with Gasteiger partial charge in [0.1, 0.15) is 10.8 Å². The number of hydrogen-bond acceptors (Lipinski definition) is 3. The third kappa shape index (κ3) is 2.24. The van der Waals surface area contributed by atoms with Crippen molar-refractivity contribution in [1.29, 1.82) is 0 Å². The van der Waals surface area contributed by atoms with E-state index in [0.29, 0.717) is 4.99 Å². The van der Waals surface area contributed by atoms with Crippen molar-refractivity contribution >= 4 is 33.9 Å². The maximum absolute atomic E-state index is 5.88. The molecule has 20 heavy (non-hydrogen) atoms. The molecule has 1 fully saturated rings. The molecule has 1 aromatic heterocycles. The monoisotopic (exact) mass is 285 g/mol. The largest absolute Gasteiger partial charge is 0.389 e. The molecule has 0 atom stereocenters. The highest BCUT2D eigenvalue weighted by Gasteiger charge is 2.35. The minimum absolute atomic E-state index is 0.176. The van der Waals surface area contributed by atoms with Crippen molar-refractivity contribution in [2.24, 2.45) is 5.73 Å². The Labute approximate surface area is 124 Å². The molecule has 1 aliphatic carbocycles. The van der Waals surface area contributed by atoms with Gasteiger partial charge in [-0.2, -0.15) is 0 Å². The van der Waals surface area contributed by atoms with E-state index in [-0.39, 0.29) is 5.54 Å². The Balaban J connectivity index is 2.07. The number of benzene rings is 1. The van der Waals surface area contributed by atoms with E-state index in [0.717, 1.165) is 28.7 Å². The molecule has 3 nitrogen and oxygen atoms in total. The van der Waals surface area contributed by atoms with Crippen LogP contribution in [-0.2, 0) is 0 Å². The first-order valence-corrected chi connectivity index (χ1v) is 7.52. The molecule has 1 aromatic carbocycles. The lowest BCUT2D eigenvalue weighted by molar-refractivity contribution is 0.269. The SMILES string of the molecule is CCC1(Nc2nc3ccccc3cc2C(N)=S)CCC1. The second kappa shape index (κ2) is 5.02. The topological polar surface area (TPSA) is 50.9 Å². The second-order valence-electron chi connectivity index (χ2n) is 5.55. The summed E-state index contributed by atoms with van der Waals surface area (Å²) in [5, 5.41) is 4.67. The number of pyridine rings is 1. The van der Waals surface area contributed by atoms with E-state index in [1.165, 1.54) is 19.3 Å². The molecule has 1 heterocycles. The molecule has 3 N–H and O–H groups in total. The van der Waals surface area contributed by atoms with Gasteiger partial charge in [0.2, 0.25) is 0 Å². The average Bonchev–Trinajstić information content (AvgIpc) is 2.41. The van der Waals surface area contributed by atoms with Gasteiger partial charge in [0.05, 0.1) is 11.1 Å². The Hall–Kier alpha value is -1.68. The summed E-state index contributed by atoms with van der Waals surface area (Å²) in [5.74, 6) is 0.831. The van der Waals surface area contributed by atoms with Crippen LogP contribution < -0.4 is 11.1 Å². The molecule has 2 aromatic rings. The molecule has 0 amide bonds. The second-order valence-corrected chi connectivity index (χ2v) is 5.99. The summed E-state index contributed by atoms with van der Waals surface area (Å²) in [6.45, 7) is 2.22. The van der Waals surface area contributed by atoms with Crippen LogP contribution in [0.5, 0.6) is 0 Å². The molecule has 4 heteroatoms. The fourth-order valence-electron chi connectivity index (χ4n) is 2.82. The van der Waals surface area contributed by atoms with E-state index in [1.54, 1.807) is 0 Å². The summed E-state index contributed by atoms with van der Waals surface area (Å²) in [5.41, 5.74) is 7.87. The first-order valence-electron chi connectivity index (χ1n) is 7.11. The van der Waals surface area contributed by atoms with Crippen LogP contribution in [0.25, 0.3) is 10.9 Å². The standard InChI is InChI=1S/C16H19N3S/c1-2-16(8-5-9-16)19-15-12(14(17)20)10-11-6-3-4-7-13(11)18-15/h3-4,6-7,10H,2,5,8-9H2,1H3,(H2,17,20)(H,18,19). The summed E-state index contributed by atoms with van der Waals surface area (Å²) in [4.78, 5) is 5.13. The summed E-state index contributed by atoms with van der Waals surface area (Å²) in [7, 11) is 0. The van der Waals surface area contributed by atoms with Gasteiger partial charge in [0.15, 0.2) is 0 Å². The minimum atomic E-state index is 0.176. The number of nitrogens with one attached hydrogen (secondary N) is 1. The van der Waals surface area contributed by atoms with E-state index in [9.17, 15) is 0 Å². The van der Waals surface area contributed by atoms with Gasteiger partial charge in [-0.15, -0.1) is 0 Å². The number of hydrogen-bond donors (Lipinski definition) is 2. The normalized spacial score (nSPS) is 16.6. The van der Waals surface area contributed by atoms with Gasteiger partial charge in [-0.25, -0.2) is 4.98 Å². The number of aromatic nitrogens is 1. The van der Waals surface area contributed by atoms with Crippen LogP contribution in [0.1, 0.15) is 38.2 Å². The number of thiocarbonyl (C=S) groups is 1. The predicted molar refractivity (Wildman–Crippen MR) is 88.1 cm³/mol. The average molecular weight is 285 g/mol. The Morgan fingerprint density at radius 2 is 2.15 bits per heavy atom. The molecular formula is C16H19N3S.